The predicted octanol–water partition coefficient (Wildman–Crippen LogP) is 2.31. The molecule has 2 heterocycles. The fraction of sp³-hybridized carbons (Fsp3) is 0.0769. The topological polar surface area (TPSA) is 56.7 Å². The first-order valence-electron chi connectivity index (χ1n) is 5.41. The molecule has 3 rings (SSSR count). The minimum absolute atomic E-state index is 0.485. The van der Waals surface area contributed by atoms with Crippen LogP contribution in [0.3, 0.4) is 0 Å². The summed E-state index contributed by atoms with van der Waals surface area (Å²) >= 11 is 0. The Morgan fingerprint density at radius 2 is 2.12 bits per heavy atom. The SMILES string of the molecule is Cc1cccc(-n2c(N)nc3cnccc32)c1. The lowest BCUT2D eigenvalue weighted by molar-refractivity contribution is 1.10. The summed E-state index contributed by atoms with van der Waals surface area (Å²) in [5, 5.41) is 0. The second kappa shape index (κ2) is 3.59. The number of imidazole rings is 1. The molecule has 0 bridgehead atoms. The molecule has 0 aliphatic heterocycles. The lowest BCUT2D eigenvalue weighted by Gasteiger charge is -2.06. The molecule has 2 aromatic heterocycles. The smallest absolute Gasteiger partial charge is 0.205 e. The summed E-state index contributed by atoms with van der Waals surface area (Å²) in [7, 11) is 0. The summed E-state index contributed by atoms with van der Waals surface area (Å²) in [6.45, 7) is 2.06. The van der Waals surface area contributed by atoms with Gasteiger partial charge >= 0.3 is 0 Å². The Bertz CT molecular complexity index is 685. The number of nitrogens with zero attached hydrogens (tertiary/aromatic N) is 3. The number of nitrogen functional groups attached to an aromatic ring is 1. The maximum atomic E-state index is 5.96. The number of hydrogen-bond acceptors (Lipinski definition) is 3. The van der Waals surface area contributed by atoms with E-state index in [0.29, 0.717) is 5.95 Å². The normalized spacial score (nSPS) is 10.9. The minimum atomic E-state index is 0.485. The number of pyridine rings is 1. The summed E-state index contributed by atoms with van der Waals surface area (Å²) in [4.78, 5) is 8.34. The third kappa shape index (κ3) is 1.54. The molecular formula is C13H12N4. The molecule has 0 aliphatic carbocycles. The molecule has 17 heavy (non-hydrogen) atoms. The van der Waals surface area contributed by atoms with Gasteiger partial charge in [-0.3, -0.25) is 9.55 Å². The van der Waals surface area contributed by atoms with E-state index in [1.165, 1.54) is 5.56 Å². The van der Waals surface area contributed by atoms with Crippen molar-refractivity contribution >= 4 is 17.0 Å². The Hall–Kier alpha value is -2.36. The van der Waals surface area contributed by atoms with E-state index in [1.54, 1.807) is 12.4 Å². The van der Waals surface area contributed by atoms with E-state index in [9.17, 15) is 0 Å². The lowest BCUT2D eigenvalue weighted by atomic mass is 10.2. The highest BCUT2D eigenvalue weighted by molar-refractivity contribution is 5.79. The Kier molecular flexibility index (Phi) is 2.08. The van der Waals surface area contributed by atoms with E-state index in [4.69, 9.17) is 5.73 Å². The van der Waals surface area contributed by atoms with Crippen LogP contribution in [-0.2, 0) is 0 Å². The molecule has 0 fully saturated rings. The molecule has 0 aliphatic rings. The summed E-state index contributed by atoms with van der Waals surface area (Å²) < 4.78 is 1.93. The van der Waals surface area contributed by atoms with E-state index >= 15 is 0 Å². The van der Waals surface area contributed by atoms with E-state index in [1.807, 2.05) is 22.8 Å². The van der Waals surface area contributed by atoms with Crippen molar-refractivity contribution in [2.75, 3.05) is 5.73 Å². The number of aryl methyl sites for hydroxylation is 1. The van der Waals surface area contributed by atoms with Crippen LogP contribution in [-0.4, -0.2) is 14.5 Å². The Balaban J connectivity index is 2.33. The first kappa shape index (κ1) is 9.84. The van der Waals surface area contributed by atoms with Crippen molar-refractivity contribution in [3.8, 4) is 5.69 Å². The zero-order valence-corrected chi connectivity index (χ0v) is 9.46. The summed E-state index contributed by atoms with van der Waals surface area (Å²) in [5.41, 5.74) is 9.96. The average molecular weight is 224 g/mol. The number of nitrogens with two attached hydrogens (primary N) is 1. The van der Waals surface area contributed by atoms with Gasteiger partial charge in [-0.1, -0.05) is 12.1 Å². The maximum absolute atomic E-state index is 5.96. The lowest BCUT2D eigenvalue weighted by Crippen LogP contribution is -2.00. The Labute approximate surface area is 98.7 Å². The molecule has 0 saturated carbocycles. The van der Waals surface area contributed by atoms with Crippen LogP contribution in [0, 0.1) is 6.92 Å². The third-order valence-corrected chi connectivity index (χ3v) is 2.74. The number of aromatic nitrogens is 3. The van der Waals surface area contributed by atoms with Gasteiger partial charge in [-0.15, -0.1) is 0 Å². The summed E-state index contributed by atoms with van der Waals surface area (Å²) in [6.07, 6.45) is 3.47. The van der Waals surface area contributed by atoms with Crippen molar-refractivity contribution in [2.24, 2.45) is 0 Å². The number of hydrogen-bond donors (Lipinski definition) is 1. The second-order valence-corrected chi connectivity index (χ2v) is 4.01. The molecule has 0 amide bonds. The summed E-state index contributed by atoms with van der Waals surface area (Å²) in [5.74, 6) is 0.485. The van der Waals surface area contributed by atoms with Crippen molar-refractivity contribution in [2.45, 2.75) is 6.92 Å². The van der Waals surface area contributed by atoms with Crippen LogP contribution in [0.1, 0.15) is 5.56 Å². The highest BCUT2D eigenvalue weighted by Crippen LogP contribution is 2.22. The van der Waals surface area contributed by atoms with Crippen molar-refractivity contribution in [1.29, 1.82) is 0 Å². The van der Waals surface area contributed by atoms with Gasteiger partial charge in [0.05, 0.1) is 11.7 Å². The highest BCUT2D eigenvalue weighted by Gasteiger charge is 2.09. The molecular weight excluding hydrogens is 212 g/mol. The molecule has 0 unspecified atom stereocenters. The fourth-order valence-electron chi connectivity index (χ4n) is 1.99. The van der Waals surface area contributed by atoms with Gasteiger partial charge in [0.25, 0.3) is 0 Å². The van der Waals surface area contributed by atoms with Gasteiger partial charge < -0.3 is 5.73 Å². The molecule has 84 valence electrons. The fourth-order valence-corrected chi connectivity index (χ4v) is 1.99. The van der Waals surface area contributed by atoms with E-state index < -0.39 is 0 Å². The van der Waals surface area contributed by atoms with E-state index in [-0.39, 0.29) is 0 Å². The van der Waals surface area contributed by atoms with Gasteiger partial charge in [0, 0.05) is 11.9 Å². The molecule has 4 nitrogen and oxygen atoms in total. The first-order valence-corrected chi connectivity index (χ1v) is 5.41. The molecule has 4 heteroatoms. The van der Waals surface area contributed by atoms with Crippen LogP contribution in [0.5, 0.6) is 0 Å². The number of anilines is 1. The Morgan fingerprint density at radius 1 is 1.24 bits per heavy atom. The molecule has 0 spiro atoms. The number of benzene rings is 1. The maximum Gasteiger partial charge on any atom is 0.205 e. The molecule has 1 aromatic carbocycles. The number of rotatable bonds is 1. The zero-order valence-electron chi connectivity index (χ0n) is 9.46. The van der Waals surface area contributed by atoms with Gasteiger partial charge in [-0.25, -0.2) is 4.98 Å². The van der Waals surface area contributed by atoms with Gasteiger partial charge in [0.2, 0.25) is 5.95 Å². The van der Waals surface area contributed by atoms with Crippen molar-refractivity contribution in [1.82, 2.24) is 14.5 Å². The van der Waals surface area contributed by atoms with E-state index in [2.05, 4.69) is 29.0 Å². The van der Waals surface area contributed by atoms with Crippen molar-refractivity contribution in [3.63, 3.8) is 0 Å². The minimum Gasteiger partial charge on any atom is -0.369 e. The zero-order chi connectivity index (χ0) is 11.8. The van der Waals surface area contributed by atoms with Crippen LogP contribution < -0.4 is 5.73 Å². The molecule has 3 aromatic rings. The average Bonchev–Trinajstić information content (AvgIpc) is 2.64. The third-order valence-electron chi connectivity index (χ3n) is 2.74. The highest BCUT2D eigenvalue weighted by atomic mass is 15.2. The van der Waals surface area contributed by atoms with Gasteiger partial charge in [0.15, 0.2) is 0 Å². The van der Waals surface area contributed by atoms with Crippen molar-refractivity contribution in [3.05, 3.63) is 48.3 Å². The largest absolute Gasteiger partial charge is 0.369 e. The van der Waals surface area contributed by atoms with Crippen LogP contribution >= 0.6 is 0 Å². The van der Waals surface area contributed by atoms with Crippen LogP contribution in [0.2, 0.25) is 0 Å². The van der Waals surface area contributed by atoms with Gasteiger partial charge in [-0.05, 0) is 30.7 Å². The quantitative estimate of drug-likeness (QED) is 0.690. The second-order valence-electron chi connectivity index (χ2n) is 4.01. The summed E-state index contributed by atoms with van der Waals surface area (Å²) in [6, 6.07) is 10.1. The molecule has 2 N–H and O–H groups in total. The van der Waals surface area contributed by atoms with Crippen molar-refractivity contribution < 1.29 is 0 Å². The molecule has 0 radical (unpaired) electrons. The van der Waals surface area contributed by atoms with Crippen LogP contribution in [0.4, 0.5) is 5.95 Å². The predicted molar refractivity (Wildman–Crippen MR) is 68.0 cm³/mol. The Morgan fingerprint density at radius 3 is 2.94 bits per heavy atom. The van der Waals surface area contributed by atoms with Crippen LogP contribution in [0.15, 0.2) is 42.7 Å². The molecule has 0 atom stereocenters. The van der Waals surface area contributed by atoms with Gasteiger partial charge in [0.1, 0.15) is 5.52 Å². The first-order chi connectivity index (χ1) is 8.25. The monoisotopic (exact) mass is 224 g/mol. The van der Waals surface area contributed by atoms with E-state index in [0.717, 1.165) is 16.7 Å². The standard InChI is InChI=1S/C13H12N4/c1-9-3-2-4-10(7-9)17-12-5-6-15-8-11(12)16-13(17)14/h2-8H,1H3,(H2,14,16). The van der Waals surface area contributed by atoms with Crippen LogP contribution in [0.25, 0.3) is 16.7 Å². The number of fused-ring (bicyclic) bond motifs is 1. The van der Waals surface area contributed by atoms with Gasteiger partial charge in [-0.2, -0.15) is 0 Å². The molecule has 0 saturated heterocycles.